The van der Waals surface area contributed by atoms with Gasteiger partial charge in [-0.3, -0.25) is 0 Å². The molecule has 0 unspecified atom stereocenters. The van der Waals surface area contributed by atoms with E-state index in [0.29, 0.717) is 11.5 Å². The van der Waals surface area contributed by atoms with Crippen LogP contribution >= 0.6 is 0 Å². The molecule has 2 heterocycles. The van der Waals surface area contributed by atoms with Gasteiger partial charge in [-0.1, -0.05) is 66.7 Å². The summed E-state index contributed by atoms with van der Waals surface area (Å²) in [4.78, 5) is 17.2. The Balaban J connectivity index is 1.55. The van der Waals surface area contributed by atoms with Crippen molar-refractivity contribution in [2.75, 3.05) is 0 Å². The fraction of sp³-hybridized carbons (Fsp3) is 0. The molecule has 0 aliphatic heterocycles. The second-order valence-corrected chi connectivity index (χ2v) is 6.82. The molecule has 5 aromatic rings. The minimum atomic E-state index is 0.247. The first-order valence-corrected chi connectivity index (χ1v) is 10.1. The van der Waals surface area contributed by atoms with Crippen molar-refractivity contribution in [1.29, 1.82) is 0 Å². The molecule has 0 saturated heterocycles. The zero-order chi connectivity index (χ0) is 21.6. The van der Waals surface area contributed by atoms with Crippen molar-refractivity contribution < 1.29 is 9.47 Å². The molecule has 0 radical (unpaired) electrons. The van der Waals surface area contributed by atoms with Crippen molar-refractivity contribution >= 4 is 0 Å². The van der Waals surface area contributed by atoms with Gasteiger partial charge in [0.15, 0.2) is 0 Å². The number of ether oxygens (including phenoxy) is 2. The molecule has 0 saturated carbocycles. The normalized spacial score (nSPS) is 10.5. The van der Waals surface area contributed by atoms with E-state index in [9.17, 15) is 0 Å². The largest absolute Gasteiger partial charge is 0.423 e. The number of nitrogens with zero attached hydrogens (tertiary/aromatic N) is 4. The number of benzene rings is 3. The van der Waals surface area contributed by atoms with Crippen molar-refractivity contribution in [1.82, 2.24) is 19.9 Å². The molecule has 6 nitrogen and oxygen atoms in total. The predicted molar refractivity (Wildman–Crippen MR) is 122 cm³/mol. The van der Waals surface area contributed by atoms with Crippen LogP contribution in [0.1, 0.15) is 0 Å². The molecular weight excluding hydrogens is 400 g/mol. The van der Waals surface area contributed by atoms with Crippen LogP contribution in [0.2, 0.25) is 0 Å². The van der Waals surface area contributed by atoms with Gasteiger partial charge in [0.2, 0.25) is 0 Å². The summed E-state index contributed by atoms with van der Waals surface area (Å²) in [6, 6.07) is 29.4. The summed E-state index contributed by atoms with van der Waals surface area (Å²) in [5, 5.41) is 0. The average molecular weight is 418 g/mol. The van der Waals surface area contributed by atoms with E-state index in [1.54, 1.807) is 24.7 Å². The summed E-state index contributed by atoms with van der Waals surface area (Å²) in [6.07, 6.45) is 4.95. The maximum atomic E-state index is 6.16. The van der Waals surface area contributed by atoms with Gasteiger partial charge in [-0.25, -0.2) is 15.0 Å². The smallest absolute Gasteiger partial charge is 0.322 e. The monoisotopic (exact) mass is 418 g/mol. The van der Waals surface area contributed by atoms with E-state index in [0.717, 1.165) is 22.4 Å². The number of hydrogen-bond donors (Lipinski definition) is 0. The van der Waals surface area contributed by atoms with Gasteiger partial charge < -0.3 is 9.47 Å². The lowest BCUT2D eigenvalue weighted by molar-refractivity contribution is 0.425. The van der Waals surface area contributed by atoms with Gasteiger partial charge >= 0.3 is 12.0 Å². The van der Waals surface area contributed by atoms with Crippen LogP contribution in [0, 0.1) is 0 Å². The Kier molecular flexibility index (Phi) is 5.49. The second kappa shape index (κ2) is 9.06. The van der Waals surface area contributed by atoms with Crippen molar-refractivity contribution in [3.63, 3.8) is 0 Å². The topological polar surface area (TPSA) is 70.0 Å². The third-order valence-corrected chi connectivity index (χ3v) is 4.70. The van der Waals surface area contributed by atoms with E-state index in [2.05, 4.69) is 19.9 Å². The van der Waals surface area contributed by atoms with E-state index in [1.807, 2.05) is 84.9 Å². The number of aromatic nitrogens is 4. The average Bonchev–Trinajstić information content (AvgIpc) is 2.86. The van der Waals surface area contributed by atoms with E-state index < -0.39 is 0 Å². The van der Waals surface area contributed by atoms with Crippen LogP contribution in [0.3, 0.4) is 0 Å². The highest BCUT2D eigenvalue weighted by Gasteiger charge is 2.16. The molecule has 2 aromatic heterocycles. The van der Waals surface area contributed by atoms with Crippen molar-refractivity contribution in [3.8, 4) is 45.9 Å². The molecule has 0 N–H and O–H groups in total. The minimum Gasteiger partial charge on any atom is -0.423 e. The maximum Gasteiger partial charge on any atom is 0.322 e. The van der Waals surface area contributed by atoms with Gasteiger partial charge in [-0.2, -0.15) is 4.98 Å². The third kappa shape index (κ3) is 4.29. The Labute approximate surface area is 185 Å². The van der Waals surface area contributed by atoms with Crippen LogP contribution in [-0.4, -0.2) is 19.9 Å². The highest BCUT2D eigenvalue weighted by molar-refractivity contribution is 5.77. The molecule has 0 bridgehead atoms. The number of rotatable bonds is 6. The lowest BCUT2D eigenvalue weighted by Crippen LogP contribution is -1.98. The van der Waals surface area contributed by atoms with E-state index in [1.165, 1.54) is 0 Å². The van der Waals surface area contributed by atoms with Gasteiger partial charge in [-0.15, -0.1) is 0 Å². The molecule has 0 spiro atoms. The Bertz CT molecular complexity index is 1310. The van der Waals surface area contributed by atoms with Gasteiger partial charge in [0.25, 0.3) is 0 Å². The zero-order valence-corrected chi connectivity index (χ0v) is 17.0. The van der Waals surface area contributed by atoms with Crippen LogP contribution in [0.4, 0.5) is 0 Å². The molecule has 154 valence electrons. The Morgan fingerprint density at radius 2 is 1.06 bits per heavy atom. The Hall–Kier alpha value is -4.58. The highest BCUT2D eigenvalue weighted by atomic mass is 16.5. The maximum absolute atomic E-state index is 6.16. The Morgan fingerprint density at radius 1 is 0.469 bits per heavy atom. The first-order valence-electron chi connectivity index (χ1n) is 10.1. The summed E-state index contributed by atoms with van der Waals surface area (Å²) in [5.74, 6) is 1.13. The first-order chi connectivity index (χ1) is 15.9. The van der Waals surface area contributed by atoms with Crippen LogP contribution in [0.25, 0.3) is 22.4 Å². The van der Waals surface area contributed by atoms with Crippen molar-refractivity contribution in [3.05, 3.63) is 110 Å². The predicted octanol–water partition coefficient (Wildman–Crippen LogP) is 6.19. The molecule has 32 heavy (non-hydrogen) atoms. The first kappa shape index (κ1) is 19.4. The van der Waals surface area contributed by atoms with Gasteiger partial charge in [0.05, 0.1) is 11.3 Å². The molecular formula is C26H18N4O2. The lowest BCUT2D eigenvalue weighted by Gasteiger charge is -2.15. The van der Waals surface area contributed by atoms with Crippen LogP contribution < -0.4 is 9.47 Å². The van der Waals surface area contributed by atoms with Crippen LogP contribution in [-0.2, 0) is 0 Å². The molecule has 3 aromatic carbocycles. The second-order valence-electron chi connectivity index (χ2n) is 6.82. The molecule has 6 heteroatoms. The van der Waals surface area contributed by atoms with Crippen LogP contribution in [0.5, 0.6) is 23.5 Å². The zero-order valence-electron chi connectivity index (χ0n) is 17.0. The van der Waals surface area contributed by atoms with Gasteiger partial charge in [0.1, 0.15) is 11.5 Å². The summed E-state index contributed by atoms with van der Waals surface area (Å²) < 4.78 is 12.2. The molecule has 0 fully saturated rings. The lowest BCUT2D eigenvalue weighted by atomic mass is 10.0. The molecule has 0 atom stereocenters. The number of hydrogen-bond acceptors (Lipinski definition) is 6. The minimum absolute atomic E-state index is 0.247. The molecule has 5 rings (SSSR count). The summed E-state index contributed by atoms with van der Waals surface area (Å²) in [6.45, 7) is 0. The SMILES string of the molecule is c1ccc(-c2ccnc(Oc3cccc(Oc4ncccn4)c3-c3ccccc3)n2)cc1. The molecule has 0 aliphatic rings. The fourth-order valence-corrected chi connectivity index (χ4v) is 3.26. The molecule has 0 aliphatic carbocycles. The quantitative estimate of drug-likeness (QED) is 0.328. The van der Waals surface area contributed by atoms with Gasteiger partial charge in [0, 0.05) is 24.2 Å². The fourth-order valence-electron chi connectivity index (χ4n) is 3.26. The van der Waals surface area contributed by atoms with Gasteiger partial charge in [-0.05, 0) is 29.8 Å². The van der Waals surface area contributed by atoms with Crippen molar-refractivity contribution in [2.24, 2.45) is 0 Å². The molecule has 0 amide bonds. The van der Waals surface area contributed by atoms with Crippen molar-refractivity contribution in [2.45, 2.75) is 0 Å². The van der Waals surface area contributed by atoms with E-state index in [4.69, 9.17) is 9.47 Å². The summed E-state index contributed by atoms with van der Waals surface area (Å²) in [7, 11) is 0. The highest BCUT2D eigenvalue weighted by Crippen LogP contribution is 2.41. The third-order valence-electron chi connectivity index (χ3n) is 4.70. The standard InChI is InChI=1S/C26H18N4O2/c1-3-9-19(10-4-1)21-15-18-29-26(30-21)32-23-14-7-13-22(31-25-27-16-8-17-28-25)24(23)20-11-5-2-6-12-20/h1-18H. The summed E-state index contributed by atoms with van der Waals surface area (Å²) in [5.41, 5.74) is 3.45. The summed E-state index contributed by atoms with van der Waals surface area (Å²) >= 11 is 0. The van der Waals surface area contributed by atoms with E-state index >= 15 is 0 Å². The van der Waals surface area contributed by atoms with Crippen LogP contribution in [0.15, 0.2) is 110 Å². The van der Waals surface area contributed by atoms with E-state index in [-0.39, 0.29) is 12.0 Å². The Morgan fingerprint density at radius 3 is 1.75 bits per heavy atom.